The lowest BCUT2D eigenvalue weighted by atomic mass is 10.0. The van der Waals surface area contributed by atoms with Crippen molar-refractivity contribution in [1.29, 1.82) is 0 Å². The maximum Gasteiger partial charge on any atom is 0.323 e. The van der Waals surface area contributed by atoms with Crippen LogP contribution in [0.3, 0.4) is 0 Å². The Labute approximate surface area is 355 Å². The molecule has 9 unspecified atom stereocenters. The second kappa shape index (κ2) is 40.5. The number of carboxylic acid groups (broad SMARTS) is 7. The maximum absolute atomic E-state index is 10.4. The van der Waals surface area contributed by atoms with Gasteiger partial charge in [-0.3, -0.25) is 33.6 Å². The molecule has 1 rings (SSSR count). The van der Waals surface area contributed by atoms with Gasteiger partial charge >= 0.3 is 41.8 Å². The Morgan fingerprint density at radius 3 is 0.902 bits per heavy atom. The summed E-state index contributed by atoms with van der Waals surface area (Å²) in [6.07, 6.45) is 1.32. The Hall–Kier alpha value is -4.89. The minimum atomic E-state index is -1.18. The number of benzene rings is 1. The number of nitrogens with two attached hydrogens (primary N) is 7. The number of rotatable bonds is 18. The van der Waals surface area contributed by atoms with Crippen LogP contribution in [0.25, 0.3) is 0 Å². The highest BCUT2D eigenvalue weighted by Crippen LogP contribution is 2.05. The highest BCUT2D eigenvalue weighted by Gasteiger charge is 2.18. The molecule has 1 aromatic carbocycles. The van der Waals surface area contributed by atoms with Crippen molar-refractivity contribution in [2.75, 3.05) is 13.2 Å². The highest BCUT2D eigenvalue weighted by atomic mass is 16.4. The van der Waals surface area contributed by atoms with Crippen LogP contribution >= 0.6 is 0 Å². The van der Waals surface area contributed by atoms with Crippen LogP contribution in [0.1, 0.15) is 73.3 Å². The molecule has 0 aliphatic heterocycles. The molecule has 0 saturated heterocycles. The first-order chi connectivity index (χ1) is 27.8. The molecule has 0 saturated carbocycles. The van der Waals surface area contributed by atoms with Gasteiger partial charge in [-0.15, -0.1) is 0 Å². The monoisotopic (exact) mass is 888 g/mol. The largest absolute Gasteiger partial charge is 0.480 e. The highest BCUT2D eigenvalue weighted by molar-refractivity contribution is 5.75. The third-order valence-electron chi connectivity index (χ3n) is 7.08. The SMILES string of the molecule is CC(C)CC(N)C(=O)O.CC(C)CC(N)C(=O)O.CC(O)C(N)C(=O)O.CCC(C)C(N)C(=O)O.NC(CO)C(=O)O.NC(CO)C(=O)O.NC(Cc1ccccc1)C(=O)O. The van der Waals surface area contributed by atoms with Crippen molar-refractivity contribution < 1.29 is 84.6 Å². The predicted octanol–water partition coefficient (Wildman–Crippen LogP) is -2.47. The van der Waals surface area contributed by atoms with Crippen LogP contribution in [0, 0.1) is 17.8 Å². The van der Waals surface area contributed by atoms with E-state index in [0.717, 1.165) is 12.0 Å². The fourth-order valence-corrected chi connectivity index (χ4v) is 3.03. The van der Waals surface area contributed by atoms with Crippen LogP contribution in [0.2, 0.25) is 0 Å². The summed E-state index contributed by atoms with van der Waals surface area (Å²) in [6.45, 7) is 11.9. The van der Waals surface area contributed by atoms with Gasteiger partial charge in [0, 0.05) is 0 Å². The second-order valence-corrected chi connectivity index (χ2v) is 13.9. The molecule has 9 atom stereocenters. The van der Waals surface area contributed by atoms with E-state index in [1.807, 2.05) is 71.9 Å². The molecule has 0 spiro atoms. The molecule has 24 N–H and O–H groups in total. The molecule has 0 amide bonds. The van der Waals surface area contributed by atoms with Crippen molar-refractivity contribution in [2.45, 2.75) is 123 Å². The van der Waals surface area contributed by atoms with Gasteiger partial charge < -0.3 is 91.2 Å². The third kappa shape index (κ3) is 47.7. The summed E-state index contributed by atoms with van der Waals surface area (Å²) in [5, 5.41) is 81.8. The van der Waals surface area contributed by atoms with Crippen LogP contribution in [0.15, 0.2) is 30.3 Å². The maximum atomic E-state index is 10.4. The molecule has 24 heteroatoms. The number of aliphatic hydroxyl groups is 3. The van der Waals surface area contributed by atoms with Crippen molar-refractivity contribution in [1.82, 2.24) is 0 Å². The summed E-state index contributed by atoms with van der Waals surface area (Å²) in [5.41, 5.74) is 36.4. The molecule has 0 aromatic heterocycles. The number of carboxylic acids is 7. The van der Waals surface area contributed by atoms with Crippen molar-refractivity contribution in [2.24, 2.45) is 57.9 Å². The molecule has 61 heavy (non-hydrogen) atoms. The zero-order valence-corrected chi connectivity index (χ0v) is 35.9. The second-order valence-electron chi connectivity index (χ2n) is 13.9. The van der Waals surface area contributed by atoms with Gasteiger partial charge in [-0.1, -0.05) is 78.3 Å². The normalized spacial score (nSPS) is 14.3. The Kier molecular flexibility index (Phi) is 45.1. The molecule has 358 valence electrons. The summed E-state index contributed by atoms with van der Waals surface area (Å²) in [4.78, 5) is 69.9. The van der Waals surface area contributed by atoms with E-state index < -0.39 is 103 Å². The molecule has 0 aliphatic rings. The smallest absolute Gasteiger partial charge is 0.323 e. The number of aliphatic carboxylic acids is 7. The minimum Gasteiger partial charge on any atom is -0.480 e. The van der Waals surface area contributed by atoms with E-state index in [2.05, 4.69) is 0 Å². The zero-order valence-electron chi connectivity index (χ0n) is 35.9. The minimum absolute atomic E-state index is 0.0718. The van der Waals surface area contributed by atoms with Gasteiger partial charge in [0.25, 0.3) is 0 Å². The van der Waals surface area contributed by atoms with Gasteiger partial charge in [0.05, 0.1) is 19.3 Å². The number of hydrogen-bond acceptors (Lipinski definition) is 17. The molecule has 1 aromatic rings. The van der Waals surface area contributed by atoms with Gasteiger partial charge in [0.2, 0.25) is 0 Å². The topological polar surface area (TPSA) is 504 Å². The van der Waals surface area contributed by atoms with Crippen LogP contribution < -0.4 is 40.1 Å². The van der Waals surface area contributed by atoms with E-state index in [9.17, 15) is 33.6 Å². The molecule has 0 aliphatic carbocycles. The molecule has 0 heterocycles. The molecule has 0 radical (unpaired) electrons. The average Bonchev–Trinajstić information content (AvgIpc) is 3.17. The Morgan fingerprint density at radius 2 is 0.770 bits per heavy atom. The lowest BCUT2D eigenvalue weighted by Crippen LogP contribution is -2.39. The summed E-state index contributed by atoms with van der Waals surface area (Å²) in [5.74, 6) is -6.45. The predicted molar refractivity (Wildman–Crippen MR) is 224 cm³/mol. The summed E-state index contributed by atoms with van der Waals surface area (Å²) < 4.78 is 0. The third-order valence-corrected chi connectivity index (χ3v) is 7.08. The molecular weight excluding hydrogens is 814 g/mol. The lowest BCUT2D eigenvalue weighted by molar-refractivity contribution is -0.141. The van der Waals surface area contributed by atoms with Gasteiger partial charge in [0.1, 0.15) is 42.3 Å². The van der Waals surface area contributed by atoms with Gasteiger partial charge in [-0.05, 0) is 49.5 Å². The first-order valence-corrected chi connectivity index (χ1v) is 18.6. The van der Waals surface area contributed by atoms with Crippen molar-refractivity contribution in [3.8, 4) is 0 Å². The van der Waals surface area contributed by atoms with E-state index in [4.69, 9.17) is 91.2 Å². The number of carbonyl (C=O) groups is 7. The van der Waals surface area contributed by atoms with Crippen LogP contribution in [-0.4, -0.2) is 154 Å². The molecule has 0 bridgehead atoms. The van der Waals surface area contributed by atoms with Gasteiger partial charge in [-0.2, -0.15) is 0 Å². The van der Waals surface area contributed by atoms with E-state index in [1.165, 1.54) is 6.92 Å². The fraction of sp³-hybridized carbons (Fsp3) is 0.649. The number of hydrogen-bond donors (Lipinski definition) is 17. The Morgan fingerprint density at radius 1 is 0.475 bits per heavy atom. The Bertz CT molecular complexity index is 1300. The van der Waals surface area contributed by atoms with Gasteiger partial charge in [0.15, 0.2) is 0 Å². The standard InChI is InChI=1S/C9H11NO2.3C6H13NO2.C4H9NO3.2C3H7NO3/c10-8(9(11)12)6-7-4-2-1-3-5-7;2*1-4(2)3-5(7)6(8)9;1-3-4(2)5(7)6(8)9;1-2(6)3(5)4(7)8;2*4-2(1-5)3(6)7/h1-5,8H,6,10H2,(H,11,12);3*4-5H,3,7H2,1-2H3,(H,8,9);2-3,6H,5H2,1H3,(H,7,8);2*2,5H,1,4H2,(H,6,7). The van der Waals surface area contributed by atoms with E-state index in [1.54, 1.807) is 0 Å². The first-order valence-electron chi connectivity index (χ1n) is 18.6. The van der Waals surface area contributed by atoms with E-state index in [0.29, 0.717) is 31.1 Å². The fourth-order valence-electron chi connectivity index (χ4n) is 3.03. The summed E-state index contributed by atoms with van der Waals surface area (Å²) in [6, 6.07) is 3.06. The van der Waals surface area contributed by atoms with Crippen molar-refractivity contribution in [3.05, 3.63) is 35.9 Å². The summed E-state index contributed by atoms with van der Waals surface area (Å²) >= 11 is 0. The molecular formula is C37H73N7O17. The quantitative estimate of drug-likeness (QED) is 0.0726. The Balaban J connectivity index is -0.000000146. The summed E-state index contributed by atoms with van der Waals surface area (Å²) in [7, 11) is 0. The van der Waals surface area contributed by atoms with Crippen LogP contribution in [0.5, 0.6) is 0 Å². The lowest BCUT2D eigenvalue weighted by Gasteiger charge is -2.11. The number of aliphatic hydroxyl groups excluding tert-OH is 3. The van der Waals surface area contributed by atoms with Crippen LogP contribution in [-0.2, 0) is 40.0 Å². The van der Waals surface area contributed by atoms with Crippen LogP contribution in [0.4, 0.5) is 0 Å². The zero-order chi connectivity index (χ0) is 49.7. The average molecular weight is 888 g/mol. The molecule has 0 fully saturated rings. The van der Waals surface area contributed by atoms with E-state index in [-0.39, 0.29) is 5.92 Å². The van der Waals surface area contributed by atoms with Gasteiger partial charge in [-0.25, -0.2) is 0 Å². The van der Waals surface area contributed by atoms with E-state index >= 15 is 0 Å². The first kappa shape index (κ1) is 67.9. The van der Waals surface area contributed by atoms with Crippen molar-refractivity contribution in [3.63, 3.8) is 0 Å². The molecule has 24 nitrogen and oxygen atoms in total. The van der Waals surface area contributed by atoms with Crippen molar-refractivity contribution >= 4 is 41.8 Å².